The molecule has 0 heterocycles. The molecule has 0 spiro atoms. The summed E-state index contributed by atoms with van der Waals surface area (Å²) in [6.07, 6.45) is 0. The van der Waals surface area contributed by atoms with Gasteiger partial charge in [-0.3, -0.25) is 4.79 Å². The second-order valence-electron chi connectivity index (χ2n) is 6.78. The third-order valence-electron chi connectivity index (χ3n) is 3.70. The minimum absolute atomic E-state index is 0.175. The second kappa shape index (κ2) is 9.29. The quantitative estimate of drug-likeness (QED) is 0.497. The summed E-state index contributed by atoms with van der Waals surface area (Å²) in [5, 5.41) is 20.5. The standard InChI is InChI=1S/C19H23N3O5S2/c1-11(2)10-21-16-8-13(19(24)25)9-17(29(20,26)27)18(16)28-15-6-4-14(5-7-15)22-12(3)23/h4-9,11,21H,10H2,1-3H3,(H,22,23)(H,24,25)(H2,20,26,27). The Morgan fingerprint density at radius 1 is 1.17 bits per heavy atom. The maximum atomic E-state index is 12.2. The van der Waals surface area contributed by atoms with Crippen LogP contribution in [-0.4, -0.2) is 31.9 Å². The number of carbonyl (C=O) groups excluding carboxylic acids is 1. The summed E-state index contributed by atoms with van der Waals surface area (Å²) in [5.74, 6) is -1.21. The Morgan fingerprint density at radius 3 is 2.28 bits per heavy atom. The Morgan fingerprint density at radius 2 is 1.79 bits per heavy atom. The number of benzene rings is 2. The van der Waals surface area contributed by atoms with Gasteiger partial charge in [-0.15, -0.1) is 0 Å². The van der Waals surface area contributed by atoms with Gasteiger partial charge < -0.3 is 15.7 Å². The number of sulfonamides is 1. The minimum atomic E-state index is -4.18. The highest BCUT2D eigenvalue weighted by Crippen LogP contribution is 2.39. The number of hydrogen-bond acceptors (Lipinski definition) is 6. The van der Waals surface area contributed by atoms with E-state index in [1.54, 1.807) is 24.3 Å². The number of anilines is 2. The van der Waals surface area contributed by atoms with Crippen LogP contribution in [0.15, 0.2) is 51.1 Å². The van der Waals surface area contributed by atoms with Crippen molar-refractivity contribution in [1.29, 1.82) is 0 Å². The predicted molar refractivity (Wildman–Crippen MR) is 113 cm³/mol. The summed E-state index contributed by atoms with van der Waals surface area (Å²) in [6, 6.07) is 9.28. The van der Waals surface area contributed by atoms with Crippen LogP contribution in [0, 0.1) is 5.92 Å². The molecule has 0 saturated heterocycles. The Labute approximate surface area is 173 Å². The lowest BCUT2D eigenvalue weighted by atomic mass is 10.1. The van der Waals surface area contributed by atoms with E-state index in [1.807, 2.05) is 13.8 Å². The molecule has 8 nitrogen and oxygen atoms in total. The van der Waals surface area contributed by atoms with Crippen molar-refractivity contribution in [3.63, 3.8) is 0 Å². The van der Waals surface area contributed by atoms with Crippen LogP contribution >= 0.6 is 11.8 Å². The highest BCUT2D eigenvalue weighted by Gasteiger charge is 2.22. The molecule has 0 saturated carbocycles. The van der Waals surface area contributed by atoms with Crippen molar-refractivity contribution >= 4 is 45.0 Å². The van der Waals surface area contributed by atoms with E-state index >= 15 is 0 Å². The number of hydrogen-bond donors (Lipinski definition) is 4. The highest BCUT2D eigenvalue weighted by molar-refractivity contribution is 8.00. The first-order valence-corrected chi connectivity index (χ1v) is 11.1. The average molecular weight is 438 g/mol. The van der Waals surface area contributed by atoms with Gasteiger partial charge in [-0.1, -0.05) is 25.6 Å². The zero-order valence-electron chi connectivity index (χ0n) is 16.2. The lowest BCUT2D eigenvalue weighted by Crippen LogP contribution is -2.17. The van der Waals surface area contributed by atoms with Gasteiger partial charge >= 0.3 is 5.97 Å². The molecular formula is C19H23N3O5S2. The van der Waals surface area contributed by atoms with Crippen LogP contribution < -0.4 is 15.8 Å². The SMILES string of the molecule is CC(=O)Nc1ccc(Sc2c(NCC(C)C)cc(C(=O)O)cc2S(N)(=O)=O)cc1. The van der Waals surface area contributed by atoms with Gasteiger partial charge in [0.05, 0.1) is 21.0 Å². The van der Waals surface area contributed by atoms with E-state index in [1.165, 1.54) is 13.0 Å². The van der Waals surface area contributed by atoms with Crippen molar-refractivity contribution < 1.29 is 23.1 Å². The van der Waals surface area contributed by atoms with Gasteiger partial charge in [0.15, 0.2) is 0 Å². The average Bonchev–Trinajstić information content (AvgIpc) is 2.60. The number of nitrogens with one attached hydrogen (secondary N) is 2. The van der Waals surface area contributed by atoms with Crippen molar-refractivity contribution in [3.05, 3.63) is 42.0 Å². The molecule has 29 heavy (non-hydrogen) atoms. The number of aromatic carboxylic acids is 1. The molecule has 0 atom stereocenters. The van der Waals surface area contributed by atoms with E-state index in [0.717, 1.165) is 17.8 Å². The minimum Gasteiger partial charge on any atom is -0.478 e. The third kappa shape index (κ3) is 6.48. The van der Waals surface area contributed by atoms with E-state index in [9.17, 15) is 23.1 Å². The summed E-state index contributed by atoms with van der Waals surface area (Å²) in [6.45, 7) is 5.87. The van der Waals surface area contributed by atoms with Gasteiger partial charge in [-0.05, 0) is 42.3 Å². The fourth-order valence-corrected chi connectivity index (χ4v) is 4.46. The molecular weight excluding hydrogens is 414 g/mol. The lowest BCUT2D eigenvalue weighted by molar-refractivity contribution is -0.114. The number of primary sulfonamides is 1. The van der Waals surface area contributed by atoms with Gasteiger partial charge in [0.25, 0.3) is 0 Å². The Kier molecular flexibility index (Phi) is 7.28. The van der Waals surface area contributed by atoms with Crippen LogP contribution in [0.3, 0.4) is 0 Å². The van der Waals surface area contributed by atoms with E-state index in [0.29, 0.717) is 27.7 Å². The number of carboxylic acid groups (broad SMARTS) is 1. The number of carboxylic acids is 1. The van der Waals surface area contributed by atoms with Crippen LogP contribution in [0.5, 0.6) is 0 Å². The molecule has 0 aliphatic carbocycles. The smallest absolute Gasteiger partial charge is 0.335 e. The fourth-order valence-electron chi connectivity index (χ4n) is 2.42. The van der Waals surface area contributed by atoms with Crippen molar-refractivity contribution in [2.24, 2.45) is 11.1 Å². The van der Waals surface area contributed by atoms with Crippen LogP contribution in [0.1, 0.15) is 31.1 Å². The maximum absolute atomic E-state index is 12.2. The molecule has 0 aliphatic heterocycles. The third-order valence-corrected chi connectivity index (χ3v) is 5.92. The lowest BCUT2D eigenvalue weighted by Gasteiger charge is -2.17. The summed E-state index contributed by atoms with van der Waals surface area (Å²) >= 11 is 1.14. The normalized spacial score (nSPS) is 11.3. The summed E-state index contributed by atoms with van der Waals surface area (Å²) in [5.41, 5.74) is 0.803. The molecule has 10 heteroatoms. The molecule has 2 aromatic carbocycles. The Hall–Kier alpha value is -2.56. The first-order valence-electron chi connectivity index (χ1n) is 8.71. The largest absolute Gasteiger partial charge is 0.478 e. The molecule has 1 amide bonds. The van der Waals surface area contributed by atoms with E-state index in [2.05, 4.69) is 10.6 Å². The molecule has 0 radical (unpaired) electrons. The van der Waals surface area contributed by atoms with Gasteiger partial charge in [-0.2, -0.15) is 0 Å². The molecule has 0 fully saturated rings. The Balaban J connectivity index is 2.54. The molecule has 0 aromatic heterocycles. The topological polar surface area (TPSA) is 139 Å². The number of rotatable bonds is 8. The van der Waals surface area contributed by atoms with Gasteiger partial charge in [0.1, 0.15) is 0 Å². The van der Waals surface area contributed by atoms with E-state index < -0.39 is 16.0 Å². The van der Waals surface area contributed by atoms with Crippen LogP contribution in [0.25, 0.3) is 0 Å². The van der Waals surface area contributed by atoms with Gasteiger partial charge in [0.2, 0.25) is 15.9 Å². The number of nitrogens with two attached hydrogens (primary N) is 1. The van der Waals surface area contributed by atoms with Crippen molar-refractivity contribution in [2.45, 2.75) is 35.5 Å². The fraction of sp³-hybridized carbons (Fsp3) is 0.263. The zero-order valence-corrected chi connectivity index (χ0v) is 17.9. The van der Waals surface area contributed by atoms with Crippen LogP contribution in [-0.2, 0) is 14.8 Å². The second-order valence-corrected chi connectivity index (χ2v) is 9.40. The molecule has 156 valence electrons. The predicted octanol–water partition coefficient (Wildman–Crippen LogP) is 3.21. The van der Waals surface area contributed by atoms with E-state index in [4.69, 9.17) is 5.14 Å². The van der Waals surface area contributed by atoms with Gasteiger partial charge in [0, 0.05) is 24.1 Å². The molecule has 0 aliphatic rings. The van der Waals surface area contributed by atoms with Crippen molar-refractivity contribution in [1.82, 2.24) is 0 Å². The van der Waals surface area contributed by atoms with Gasteiger partial charge in [-0.25, -0.2) is 18.4 Å². The monoisotopic (exact) mass is 437 g/mol. The zero-order chi connectivity index (χ0) is 21.8. The molecule has 0 unspecified atom stereocenters. The van der Waals surface area contributed by atoms with Crippen molar-refractivity contribution in [2.75, 3.05) is 17.2 Å². The highest BCUT2D eigenvalue weighted by atomic mass is 32.2. The summed E-state index contributed by atoms with van der Waals surface area (Å²) in [4.78, 5) is 23.4. The maximum Gasteiger partial charge on any atom is 0.335 e. The van der Waals surface area contributed by atoms with Crippen LogP contribution in [0.2, 0.25) is 0 Å². The molecule has 5 N–H and O–H groups in total. The number of amides is 1. The summed E-state index contributed by atoms with van der Waals surface area (Å²) < 4.78 is 24.4. The molecule has 2 aromatic rings. The van der Waals surface area contributed by atoms with Crippen molar-refractivity contribution in [3.8, 4) is 0 Å². The first kappa shape index (κ1) is 22.7. The first-order chi connectivity index (χ1) is 13.5. The van der Waals surface area contributed by atoms with E-state index in [-0.39, 0.29) is 22.3 Å². The molecule has 0 bridgehead atoms. The summed E-state index contributed by atoms with van der Waals surface area (Å²) in [7, 11) is -4.18. The number of carbonyl (C=O) groups is 2. The van der Waals surface area contributed by atoms with Crippen LogP contribution in [0.4, 0.5) is 11.4 Å². The Bertz CT molecular complexity index is 1020. The molecule has 2 rings (SSSR count).